The van der Waals surface area contributed by atoms with E-state index in [0.717, 1.165) is 12.0 Å². The molecular weight excluding hydrogens is 236 g/mol. The first-order valence-corrected chi connectivity index (χ1v) is 6.34. The topological polar surface area (TPSA) is 77.0 Å². The molecule has 0 saturated heterocycles. The number of rotatable bonds is 4. The van der Waals surface area contributed by atoms with Crippen molar-refractivity contribution in [1.29, 1.82) is 0 Å². The Labute approximate surface area is 113 Å². The molecule has 4 heteroatoms. The van der Waals surface area contributed by atoms with Crippen LogP contribution in [0.2, 0.25) is 0 Å². The summed E-state index contributed by atoms with van der Waals surface area (Å²) in [6.07, 6.45) is 2.47. The van der Waals surface area contributed by atoms with Gasteiger partial charge in [0.2, 0.25) is 0 Å². The van der Waals surface area contributed by atoms with Crippen LogP contribution in [0.15, 0.2) is 36.5 Å². The molecule has 1 aromatic carbocycles. The Kier molecular flexibility index (Phi) is 4.14. The van der Waals surface area contributed by atoms with Gasteiger partial charge >= 0.3 is 0 Å². The number of nitrogens with two attached hydrogens (primary N) is 2. The van der Waals surface area contributed by atoms with E-state index in [0.29, 0.717) is 5.82 Å². The number of hydrazine groups is 1. The van der Waals surface area contributed by atoms with E-state index < -0.39 is 0 Å². The van der Waals surface area contributed by atoms with Crippen LogP contribution in [0.4, 0.5) is 5.82 Å². The first-order valence-electron chi connectivity index (χ1n) is 6.34. The van der Waals surface area contributed by atoms with Gasteiger partial charge in [-0.15, -0.1) is 0 Å². The van der Waals surface area contributed by atoms with Crippen molar-refractivity contribution in [2.75, 3.05) is 5.73 Å². The number of benzene rings is 1. The summed E-state index contributed by atoms with van der Waals surface area (Å²) in [7, 11) is 0. The maximum absolute atomic E-state index is 5.90. The van der Waals surface area contributed by atoms with E-state index >= 15 is 0 Å². The van der Waals surface area contributed by atoms with E-state index in [2.05, 4.69) is 42.5 Å². The van der Waals surface area contributed by atoms with Crippen molar-refractivity contribution < 1.29 is 0 Å². The molecular formula is C15H20N4. The van der Waals surface area contributed by atoms with E-state index in [-0.39, 0.29) is 6.04 Å². The number of aryl methyl sites for hydroxylation is 2. The Hall–Kier alpha value is -1.91. The zero-order valence-corrected chi connectivity index (χ0v) is 11.4. The van der Waals surface area contributed by atoms with Crippen molar-refractivity contribution in [1.82, 2.24) is 10.4 Å². The summed E-state index contributed by atoms with van der Waals surface area (Å²) >= 11 is 0. The van der Waals surface area contributed by atoms with Crippen LogP contribution in [0.25, 0.3) is 0 Å². The molecule has 0 bridgehead atoms. The van der Waals surface area contributed by atoms with Gasteiger partial charge in [0.15, 0.2) is 0 Å². The molecule has 4 nitrogen and oxygen atoms in total. The number of aromatic nitrogens is 1. The van der Waals surface area contributed by atoms with Gasteiger partial charge < -0.3 is 5.73 Å². The van der Waals surface area contributed by atoms with Gasteiger partial charge in [-0.1, -0.05) is 35.4 Å². The number of nitrogen functional groups attached to an aromatic ring is 1. The highest BCUT2D eigenvalue weighted by Gasteiger charge is 2.14. The molecule has 1 atom stereocenters. The molecule has 2 rings (SSSR count). The van der Waals surface area contributed by atoms with Crippen molar-refractivity contribution in [3.63, 3.8) is 0 Å². The van der Waals surface area contributed by atoms with Crippen molar-refractivity contribution in [2.45, 2.75) is 26.3 Å². The van der Waals surface area contributed by atoms with E-state index in [1.165, 1.54) is 16.7 Å². The largest absolute Gasteiger partial charge is 0.383 e. The van der Waals surface area contributed by atoms with Crippen molar-refractivity contribution in [3.05, 3.63) is 58.8 Å². The summed E-state index contributed by atoms with van der Waals surface area (Å²) in [5, 5.41) is 0. The van der Waals surface area contributed by atoms with Crippen LogP contribution in [-0.2, 0) is 6.42 Å². The van der Waals surface area contributed by atoms with Gasteiger partial charge in [0.25, 0.3) is 0 Å². The lowest BCUT2D eigenvalue weighted by Gasteiger charge is -2.18. The summed E-state index contributed by atoms with van der Waals surface area (Å²) in [6.45, 7) is 4.19. The Morgan fingerprint density at radius 3 is 2.47 bits per heavy atom. The Morgan fingerprint density at radius 2 is 1.89 bits per heavy atom. The van der Waals surface area contributed by atoms with Crippen molar-refractivity contribution in [2.24, 2.45) is 5.84 Å². The molecule has 0 saturated carbocycles. The van der Waals surface area contributed by atoms with Gasteiger partial charge in [-0.2, -0.15) is 0 Å². The zero-order valence-electron chi connectivity index (χ0n) is 11.4. The van der Waals surface area contributed by atoms with Crippen molar-refractivity contribution >= 4 is 5.82 Å². The van der Waals surface area contributed by atoms with Gasteiger partial charge in [0, 0.05) is 11.8 Å². The maximum Gasteiger partial charge on any atom is 0.128 e. The smallest absolute Gasteiger partial charge is 0.128 e. The normalized spacial score (nSPS) is 12.4. The minimum absolute atomic E-state index is 0.0325. The average molecular weight is 256 g/mol. The number of pyridine rings is 1. The predicted octanol–water partition coefficient (Wildman–Crippen LogP) is 2.03. The highest BCUT2D eigenvalue weighted by atomic mass is 15.2. The Bertz CT molecular complexity index is 546. The van der Waals surface area contributed by atoms with Crippen LogP contribution in [-0.4, -0.2) is 4.98 Å². The van der Waals surface area contributed by atoms with Crippen LogP contribution < -0.4 is 17.0 Å². The van der Waals surface area contributed by atoms with Crippen LogP contribution in [0.5, 0.6) is 0 Å². The number of nitrogens with one attached hydrogen (secondary N) is 1. The number of hydrogen-bond donors (Lipinski definition) is 3. The maximum atomic E-state index is 5.90. The molecule has 5 N–H and O–H groups in total. The van der Waals surface area contributed by atoms with Crippen LogP contribution in [0, 0.1) is 13.8 Å². The molecule has 1 unspecified atom stereocenters. The highest BCUT2D eigenvalue weighted by Crippen LogP contribution is 2.22. The average Bonchev–Trinajstić information content (AvgIpc) is 2.36. The summed E-state index contributed by atoms with van der Waals surface area (Å²) in [5.74, 6) is 6.19. The standard InChI is InChI=1S/C15H20N4/c1-10-6-11(2)8-12(7-10)9-14(19-17)13-4-3-5-18-15(13)16/h3-8,14,19H,9,17H2,1-2H3,(H2,16,18). The second-order valence-corrected chi connectivity index (χ2v) is 4.90. The minimum atomic E-state index is -0.0325. The lowest BCUT2D eigenvalue weighted by molar-refractivity contribution is 0.552. The molecule has 0 aliphatic heterocycles. The summed E-state index contributed by atoms with van der Waals surface area (Å²) in [6, 6.07) is 10.3. The SMILES string of the molecule is Cc1cc(C)cc(CC(NN)c2cccnc2N)c1. The predicted molar refractivity (Wildman–Crippen MR) is 78.3 cm³/mol. The summed E-state index contributed by atoms with van der Waals surface area (Å²) in [5.41, 5.74) is 13.4. The van der Waals surface area contributed by atoms with E-state index in [9.17, 15) is 0 Å². The molecule has 19 heavy (non-hydrogen) atoms. The molecule has 0 aliphatic carbocycles. The molecule has 2 aromatic rings. The molecule has 0 spiro atoms. The van der Waals surface area contributed by atoms with Gasteiger partial charge in [0.05, 0.1) is 6.04 Å². The van der Waals surface area contributed by atoms with Gasteiger partial charge in [-0.3, -0.25) is 11.3 Å². The molecule has 100 valence electrons. The molecule has 1 aromatic heterocycles. The zero-order chi connectivity index (χ0) is 13.8. The number of nitrogens with zero attached hydrogens (tertiary/aromatic N) is 1. The van der Waals surface area contributed by atoms with E-state index in [1.807, 2.05) is 12.1 Å². The summed E-state index contributed by atoms with van der Waals surface area (Å²) in [4.78, 5) is 4.11. The lowest BCUT2D eigenvalue weighted by atomic mass is 9.97. The fourth-order valence-electron chi connectivity index (χ4n) is 2.41. The van der Waals surface area contributed by atoms with E-state index in [4.69, 9.17) is 11.6 Å². The second-order valence-electron chi connectivity index (χ2n) is 4.90. The van der Waals surface area contributed by atoms with Crippen LogP contribution in [0.1, 0.15) is 28.3 Å². The minimum Gasteiger partial charge on any atom is -0.383 e. The highest BCUT2D eigenvalue weighted by molar-refractivity contribution is 5.42. The fraction of sp³-hybridized carbons (Fsp3) is 0.267. The number of hydrogen-bond acceptors (Lipinski definition) is 4. The third-order valence-electron chi connectivity index (χ3n) is 3.17. The fourth-order valence-corrected chi connectivity index (χ4v) is 2.41. The third kappa shape index (κ3) is 3.30. The molecule has 0 aliphatic rings. The van der Waals surface area contributed by atoms with Crippen LogP contribution >= 0.6 is 0 Å². The lowest BCUT2D eigenvalue weighted by Crippen LogP contribution is -2.30. The van der Waals surface area contributed by atoms with E-state index in [1.54, 1.807) is 6.20 Å². The van der Waals surface area contributed by atoms with Crippen molar-refractivity contribution in [3.8, 4) is 0 Å². The Balaban J connectivity index is 2.26. The third-order valence-corrected chi connectivity index (χ3v) is 3.17. The Morgan fingerprint density at radius 1 is 1.21 bits per heavy atom. The number of anilines is 1. The van der Waals surface area contributed by atoms with Gasteiger partial charge in [0.1, 0.15) is 5.82 Å². The first kappa shape index (κ1) is 13.5. The molecule has 0 fully saturated rings. The van der Waals surface area contributed by atoms with Gasteiger partial charge in [-0.05, 0) is 31.9 Å². The molecule has 1 heterocycles. The quantitative estimate of drug-likeness (QED) is 0.578. The monoisotopic (exact) mass is 256 g/mol. The molecule has 0 radical (unpaired) electrons. The second kappa shape index (κ2) is 5.82. The van der Waals surface area contributed by atoms with Crippen LogP contribution in [0.3, 0.4) is 0 Å². The summed E-state index contributed by atoms with van der Waals surface area (Å²) < 4.78 is 0. The van der Waals surface area contributed by atoms with Gasteiger partial charge in [-0.25, -0.2) is 4.98 Å². The molecule has 0 amide bonds. The first-order chi connectivity index (χ1) is 9.10.